The first kappa shape index (κ1) is 14.1. The molecule has 5 heteroatoms. The quantitative estimate of drug-likeness (QED) is 0.801. The first-order valence-electron chi connectivity index (χ1n) is 6.75. The number of ether oxygens (including phenoxy) is 1. The van der Waals surface area contributed by atoms with Crippen LogP contribution < -0.4 is 4.74 Å². The number of rotatable bonds is 4. The Morgan fingerprint density at radius 2 is 2.05 bits per heavy atom. The highest BCUT2D eigenvalue weighted by Crippen LogP contribution is 2.24. The first-order valence-corrected chi connectivity index (χ1v) is 6.75. The van der Waals surface area contributed by atoms with E-state index in [-0.39, 0.29) is 17.9 Å². The number of nitrogens with zero attached hydrogens (tertiary/aromatic N) is 1. The molecule has 2 aromatic carbocycles. The van der Waals surface area contributed by atoms with E-state index < -0.39 is 11.8 Å². The third-order valence-electron chi connectivity index (χ3n) is 3.54. The number of halogens is 1. The maximum atomic E-state index is 13.6. The maximum Gasteiger partial charge on any atom is 0.335 e. The summed E-state index contributed by atoms with van der Waals surface area (Å²) >= 11 is 0. The Hall–Kier alpha value is -2.82. The zero-order chi connectivity index (χ0) is 15.7. The van der Waals surface area contributed by atoms with Crippen molar-refractivity contribution in [3.63, 3.8) is 0 Å². The van der Waals surface area contributed by atoms with E-state index >= 15 is 0 Å². The molecule has 4 nitrogen and oxygen atoms in total. The number of benzene rings is 2. The van der Waals surface area contributed by atoms with Crippen molar-refractivity contribution in [1.82, 2.24) is 4.57 Å². The Morgan fingerprint density at radius 1 is 1.27 bits per heavy atom. The Balaban J connectivity index is 1.92. The molecule has 0 aliphatic rings. The Kier molecular flexibility index (Phi) is 3.55. The minimum Gasteiger partial charge on any atom is -0.486 e. The smallest absolute Gasteiger partial charge is 0.335 e. The molecule has 0 bridgehead atoms. The highest BCUT2D eigenvalue weighted by atomic mass is 19.1. The minimum atomic E-state index is -0.966. The number of aromatic carboxylic acids is 1. The summed E-state index contributed by atoms with van der Waals surface area (Å²) in [6.45, 7) is 0.213. The van der Waals surface area contributed by atoms with Crippen molar-refractivity contribution in [2.45, 2.75) is 6.61 Å². The molecule has 0 atom stereocenters. The molecule has 1 N–H and O–H groups in total. The Labute approximate surface area is 126 Å². The molecular weight excluding hydrogens is 285 g/mol. The lowest BCUT2D eigenvalue weighted by molar-refractivity contribution is 0.0697. The van der Waals surface area contributed by atoms with Crippen LogP contribution in [0.5, 0.6) is 5.75 Å². The van der Waals surface area contributed by atoms with Gasteiger partial charge in [0.2, 0.25) is 0 Å². The van der Waals surface area contributed by atoms with E-state index in [1.165, 1.54) is 6.07 Å². The van der Waals surface area contributed by atoms with Crippen LogP contribution in [0.3, 0.4) is 0 Å². The topological polar surface area (TPSA) is 51.5 Å². The molecule has 3 rings (SSSR count). The average molecular weight is 299 g/mol. The van der Waals surface area contributed by atoms with Crippen LogP contribution in [0.1, 0.15) is 15.9 Å². The van der Waals surface area contributed by atoms with Gasteiger partial charge in [-0.1, -0.05) is 18.2 Å². The summed E-state index contributed by atoms with van der Waals surface area (Å²) in [5, 5.41) is 9.94. The number of carboxylic acids is 1. The van der Waals surface area contributed by atoms with Gasteiger partial charge >= 0.3 is 5.97 Å². The van der Waals surface area contributed by atoms with Crippen LogP contribution >= 0.6 is 0 Å². The van der Waals surface area contributed by atoms with Gasteiger partial charge in [0, 0.05) is 29.7 Å². The number of hydrogen-bond acceptors (Lipinski definition) is 2. The van der Waals surface area contributed by atoms with E-state index in [2.05, 4.69) is 0 Å². The van der Waals surface area contributed by atoms with Crippen molar-refractivity contribution in [1.29, 1.82) is 0 Å². The summed E-state index contributed by atoms with van der Waals surface area (Å²) < 4.78 is 20.9. The molecule has 112 valence electrons. The summed E-state index contributed by atoms with van der Waals surface area (Å²) in [5.41, 5.74) is 1.90. The van der Waals surface area contributed by atoms with Gasteiger partial charge in [0.15, 0.2) is 11.6 Å². The molecular formula is C17H14FNO3. The predicted octanol–water partition coefficient (Wildman–Crippen LogP) is 3.59. The molecule has 0 saturated heterocycles. The fourth-order valence-electron chi connectivity index (χ4n) is 2.43. The lowest BCUT2D eigenvalue weighted by Gasteiger charge is -2.06. The second-order valence-electron chi connectivity index (χ2n) is 5.02. The van der Waals surface area contributed by atoms with E-state index in [1.807, 2.05) is 17.8 Å². The number of carboxylic acid groups (broad SMARTS) is 1. The van der Waals surface area contributed by atoms with Gasteiger partial charge in [-0.05, 0) is 24.3 Å². The zero-order valence-corrected chi connectivity index (χ0v) is 11.9. The van der Waals surface area contributed by atoms with Crippen LogP contribution in [0.2, 0.25) is 0 Å². The third kappa shape index (κ3) is 2.53. The van der Waals surface area contributed by atoms with Gasteiger partial charge in [-0.2, -0.15) is 0 Å². The predicted molar refractivity (Wildman–Crippen MR) is 80.6 cm³/mol. The number of aryl methyl sites for hydroxylation is 1. The summed E-state index contributed by atoms with van der Waals surface area (Å²) in [5.74, 6) is -1.18. The van der Waals surface area contributed by atoms with E-state index in [4.69, 9.17) is 9.84 Å². The second-order valence-corrected chi connectivity index (χ2v) is 5.02. The highest BCUT2D eigenvalue weighted by Gasteiger charge is 2.11. The minimum absolute atomic E-state index is 0.196. The summed E-state index contributed by atoms with van der Waals surface area (Å²) in [6.07, 6.45) is 1.86. The van der Waals surface area contributed by atoms with E-state index in [1.54, 1.807) is 36.4 Å². The van der Waals surface area contributed by atoms with Crippen molar-refractivity contribution in [2.75, 3.05) is 0 Å². The molecule has 1 heterocycles. The van der Waals surface area contributed by atoms with Crippen LogP contribution in [0.25, 0.3) is 10.9 Å². The van der Waals surface area contributed by atoms with Gasteiger partial charge in [-0.3, -0.25) is 0 Å². The molecule has 0 unspecified atom stereocenters. The van der Waals surface area contributed by atoms with Crippen molar-refractivity contribution in [3.05, 3.63) is 65.6 Å². The molecule has 3 aromatic rings. The Morgan fingerprint density at radius 3 is 2.77 bits per heavy atom. The summed E-state index contributed by atoms with van der Waals surface area (Å²) in [6, 6.07) is 11.1. The zero-order valence-electron chi connectivity index (χ0n) is 11.9. The van der Waals surface area contributed by atoms with E-state index in [0.29, 0.717) is 0 Å². The van der Waals surface area contributed by atoms with Gasteiger partial charge in [0.05, 0.1) is 5.56 Å². The largest absolute Gasteiger partial charge is 0.486 e. The van der Waals surface area contributed by atoms with Crippen molar-refractivity contribution in [3.8, 4) is 5.75 Å². The van der Waals surface area contributed by atoms with Gasteiger partial charge in [-0.15, -0.1) is 0 Å². The van der Waals surface area contributed by atoms with Gasteiger partial charge in [-0.25, -0.2) is 9.18 Å². The van der Waals surface area contributed by atoms with Crippen molar-refractivity contribution < 1.29 is 19.0 Å². The summed E-state index contributed by atoms with van der Waals surface area (Å²) in [7, 11) is 1.83. The van der Waals surface area contributed by atoms with Gasteiger partial charge < -0.3 is 14.4 Å². The lowest BCUT2D eigenvalue weighted by Crippen LogP contribution is -1.97. The van der Waals surface area contributed by atoms with Crippen LogP contribution in [0.4, 0.5) is 4.39 Å². The molecule has 0 amide bonds. The average Bonchev–Trinajstić information content (AvgIpc) is 2.82. The second kappa shape index (κ2) is 5.52. The highest BCUT2D eigenvalue weighted by molar-refractivity contribution is 5.94. The Bertz CT molecular complexity index is 854. The first-order chi connectivity index (χ1) is 10.6. The molecule has 1 aromatic heterocycles. The number of para-hydroxylation sites is 1. The summed E-state index contributed by atoms with van der Waals surface area (Å²) in [4.78, 5) is 11.0. The van der Waals surface area contributed by atoms with E-state index in [0.717, 1.165) is 16.5 Å². The van der Waals surface area contributed by atoms with E-state index in [9.17, 15) is 9.18 Å². The molecule has 0 saturated carbocycles. The number of hydrogen-bond donors (Lipinski definition) is 1. The number of carbonyl (C=O) groups is 1. The van der Waals surface area contributed by atoms with Gasteiger partial charge in [0.25, 0.3) is 0 Å². The van der Waals surface area contributed by atoms with Crippen molar-refractivity contribution >= 4 is 16.9 Å². The normalized spacial score (nSPS) is 10.8. The maximum absolute atomic E-state index is 13.6. The molecule has 0 spiro atoms. The van der Waals surface area contributed by atoms with Crippen LogP contribution in [0, 0.1) is 5.82 Å². The fourth-order valence-corrected chi connectivity index (χ4v) is 2.43. The molecule has 0 fully saturated rings. The lowest BCUT2D eigenvalue weighted by atomic mass is 10.1. The van der Waals surface area contributed by atoms with Crippen LogP contribution in [-0.2, 0) is 13.7 Å². The van der Waals surface area contributed by atoms with Crippen molar-refractivity contribution in [2.24, 2.45) is 7.05 Å². The third-order valence-corrected chi connectivity index (χ3v) is 3.54. The van der Waals surface area contributed by atoms with Crippen LogP contribution in [-0.4, -0.2) is 15.6 Å². The standard InChI is InChI=1S/C17H14FNO3/c1-19-9-12(10-22-16-5-3-2-4-14(16)18)13-7-6-11(17(20)21)8-15(13)19/h2-9H,10H2,1H3,(H,20,21). The molecule has 0 aliphatic carbocycles. The SMILES string of the molecule is Cn1cc(COc2ccccc2F)c2ccc(C(=O)O)cc21. The van der Waals surface area contributed by atoms with Gasteiger partial charge in [0.1, 0.15) is 6.61 Å². The fraction of sp³-hybridized carbons (Fsp3) is 0.118. The number of aromatic nitrogens is 1. The van der Waals surface area contributed by atoms with Crippen LogP contribution in [0.15, 0.2) is 48.7 Å². The molecule has 0 radical (unpaired) electrons. The monoisotopic (exact) mass is 299 g/mol. The number of fused-ring (bicyclic) bond motifs is 1. The molecule has 0 aliphatic heterocycles. The molecule has 22 heavy (non-hydrogen) atoms.